The molecule has 0 bridgehead atoms. The summed E-state index contributed by atoms with van der Waals surface area (Å²) in [6, 6.07) is 15.1. The first-order chi connectivity index (χ1) is 12.9. The average Bonchev–Trinajstić information content (AvgIpc) is 2.68. The number of benzene rings is 2. The zero-order chi connectivity index (χ0) is 19.8. The number of esters is 1. The predicted molar refractivity (Wildman–Crippen MR) is 103 cm³/mol. The molecule has 6 heteroatoms. The van der Waals surface area contributed by atoms with Crippen LogP contribution in [0.25, 0.3) is 0 Å². The van der Waals surface area contributed by atoms with Crippen LogP contribution in [0.1, 0.15) is 36.7 Å². The topological polar surface area (TPSA) is 84.5 Å². The van der Waals surface area contributed by atoms with E-state index in [1.165, 1.54) is 13.8 Å². The number of anilines is 1. The lowest BCUT2D eigenvalue weighted by Gasteiger charge is -2.17. The van der Waals surface area contributed by atoms with Crippen LogP contribution in [0.4, 0.5) is 5.69 Å². The summed E-state index contributed by atoms with van der Waals surface area (Å²) in [7, 11) is 0. The summed E-state index contributed by atoms with van der Waals surface area (Å²) >= 11 is 0. The highest BCUT2D eigenvalue weighted by molar-refractivity contribution is 5.98. The van der Waals surface area contributed by atoms with Crippen molar-refractivity contribution >= 4 is 23.5 Å². The fourth-order valence-corrected chi connectivity index (χ4v) is 2.33. The minimum Gasteiger partial charge on any atom is -0.451 e. The Kier molecular flexibility index (Phi) is 7.11. The van der Waals surface area contributed by atoms with Gasteiger partial charge in [0.15, 0.2) is 6.10 Å². The quantitative estimate of drug-likeness (QED) is 0.736. The Balaban J connectivity index is 1.85. The molecule has 6 nitrogen and oxygen atoms in total. The normalized spacial score (nSPS) is 12.6. The van der Waals surface area contributed by atoms with Crippen LogP contribution in [-0.4, -0.2) is 29.9 Å². The van der Waals surface area contributed by atoms with E-state index in [1.807, 2.05) is 19.1 Å². The summed E-state index contributed by atoms with van der Waals surface area (Å²) in [6.45, 7) is 5.05. The molecule has 2 N–H and O–H groups in total. The number of carbonyl (C=O) groups is 3. The Morgan fingerprint density at radius 3 is 2.19 bits per heavy atom. The predicted octanol–water partition coefficient (Wildman–Crippen LogP) is 2.94. The molecule has 0 spiro atoms. The Bertz CT molecular complexity index is 788. The number of rotatable bonds is 7. The third-order valence-electron chi connectivity index (χ3n) is 4.03. The molecule has 0 aliphatic rings. The van der Waals surface area contributed by atoms with Gasteiger partial charge in [0.25, 0.3) is 11.8 Å². The monoisotopic (exact) mass is 368 g/mol. The summed E-state index contributed by atoms with van der Waals surface area (Å²) in [5.74, 6) is -1.49. The number of amides is 2. The number of hydrogen-bond donors (Lipinski definition) is 2. The second-order valence-electron chi connectivity index (χ2n) is 6.18. The highest BCUT2D eigenvalue weighted by Crippen LogP contribution is 2.11. The molecule has 2 rings (SSSR count). The lowest BCUT2D eigenvalue weighted by Crippen LogP contribution is -2.42. The molecule has 0 aromatic heterocycles. The Hall–Kier alpha value is -3.15. The fourth-order valence-electron chi connectivity index (χ4n) is 2.33. The van der Waals surface area contributed by atoms with Crippen LogP contribution in [0.15, 0.2) is 54.6 Å². The van der Waals surface area contributed by atoms with Crippen molar-refractivity contribution in [3.8, 4) is 0 Å². The van der Waals surface area contributed by atoms with Gasteiger partial charge in [0.1, 0.15) is 6.04 Å². The minimum absolute atomic E-state index is 0.381. The van der Waals surface area contributed by atoms with Gasteiger partial charge in [-0.25, -0.2) is 4.79 Å². The molecule has 0 fully saturated rings. The Morgan fingerprint density at radius 1 is 0.963 bits per heavy atom. The van der Waals surface area contributed by atoms with Crippen LogP contribution in [0, 0.1) is 0 Å². The number of aryl methyl sites for hydroxylation is 1. The number of carbonyl (C=O) groups excluding carboxylic acids is 3. The molecule has 0 saturated carbocycles. The van der Waals surface area contributed by atoms with Crippen molar-refractivity contribution < 1.29 is 19.1 Å². The van der Waals surface area contributed by atoms with Crippen molar-refractivity contribution in [3.63, 3.8) is 0 Å². The highest BCUT2D eigenvalue weighted by atomic mass is 16.5. The smallest absolute Gasteiger partial charge is 0.329 e. The number of hydrogen-bond acceptors (Lipinski definition) is 4. The number of nitrogens with one attached hydrogen (secondary N) is 2. The van der Waals surface area contributed by atoms with Crippen LogP contribution in [0.3, 0.4) is 0 Å². The summed E-state index contributed by atoms with van der Waals surface area (Å²) in [4.78, 5) is 36.4. The summed E-state index contributed by atoms with van der Waals surface area (Å²) < 4.78 is 5.16. The second kappa shape index (κ2) is 9.52. The van der Waals surface area contributed by atoms with E-state index >= 15 is 0 Å². The third-order valence-corrected chi connectivity index (χ3v) is 4.03. The van der Waals surface area contributed by atoms with Gasteiger partial charge in [-0.15, -0.1) is 0 Å². The van der Waals surface area contributed by atoms with Gasteiger partial charge in [-0.2, -0.15) is 0 Å². The first kappa shape index (κ1) is 20.2. The molecule has 2 aromatic carbocycles. The van der Waals surface area contributed by atoms with E-state index in [2.05, 4.69) is 10.6 Å². The maximum atomic E-state index is 12.2. The summed E-state index contributed by atoms with van der Waals surface area (Å²) in [5.41, 5.74) is 2.24. The van der Waals surface area contributed by atoms with Gasteiger partial charge >= 0.3 is 5.97 Å². The van der Waals surface area contributed by atoms with Gasteiger partial charge in [-0.05, 0) is 50.1 Å². The van der Waals surface area contributed by atoms with E-state index in [0.717, 1.165) is 12.0 Å². The second-order valence-corrected chi connectivity index (χ2v) is 6.18. The molecule has 142 valence electrons. The molecular weight excluding hydrogens is 344 g/mol. The van der Waals surface area contributed by atoms with Gasteiger partial charge in [0, 0.05) is 11.3 Å². The molecule has 2 aromatic rings. The minimum atomic E-state index is -0.987. The van der Waals surface area contributed by atoms with Crippen molar-refractivity contribution in [1.29, 1.82) is 0 Å². The third kappa shape index (κ3) is 5.95. The molecule has 1 unspecified atom stereocenters. The largest absolute Gasteiger partial charge is 0.451 e. The standard InChI is InChI=1S/C21H24N2O4/c1-4-16-10-12-18(13-11-16)23-19(24)15(3)27-21(26)14(2)22-20(25)17-8-6-5-7-9-17/h5-15H,4H2,1-3H3,(H,22,25)(H,23,24)/t14-,15?/m0/s1. The van der Waals surface area contributed by atoms with Crippen molar-refractivity contribution in [1.82, 2.24) is 5.32 Å². The van der Waals surface area contributed by atoms with Crippen molar-refractivity contribution in [2.24, 2.45) is 0 Å². The lowest BCUT2D eigenvalue weighted by molar-refractivity contribution is -0.154. The van der Waals surface area contributed by atoms with Gasteiger partial charge in [0.2, 0.25) is 0 Å². The van der Waals surface area contributed by atoms with Gasteiger partial charge < -0.3 is 15.4 Å². The highest BCUT2D eigenvalue weighted by Gasteiger charge is 2.23. The Labute approximate surface area is 158 Å². The van der Waals surface area contributed by atoms with Crippen molar-refractivity contribution in [3.05, 3.63) is 65.7 Å². The zero-order valence-electron chi connectivity index (χ0n) is 15.7. The Morgan fingerprint density at radius 2 is 1.59 bits per heavy atom. The van der Waals surface area contributed by atoms with E-state index in [9.17, 15) is 14.4 Å². The van der Waals surface area contributed by atoms with E-state index in [-0.39, 0.29) is 5.91 Å². The van der Waals surface area contributed by atoms with Gasteiger partial charge in [0.05, 0.1) is 0 Å². The molecule has 2 atom stereocenters. The average molecular weight is 368 g/mol. The lowest BCUT2D eigenvalue weighted by atomic mass is 10.1. The molecule has 0 heterocycles. The maximum Gasteiger partial charge on any atom is 0.329 e. The van der Waals surface area contributed by atoms with Crippen molar-refractivity contribution in [2.45, 2.75) is 39.3 Å². The molecule has 0 saturated heterocycles. The zero-order valence-corrected chi connectivity index (χ0v) is 15.7. The van der Waals surface area contributed by atoms with E-state index < -0.39 is 24.0 Å². The first-order valence-corrected chi connectivity index (χ1v) is 8.87. The fraction of sp³-hybridized carbons (Fsp3) is 0.286. The molecular formula is C21H24N2O4. The molecule has 27 heavy (non-hydrogen) atoms. The number of ether oxygens (including phenoxy) is 1. The molecule has 0 aliphatic carbocycles. The van der Waals surface area contributed by atoms with E-state index in [0.29, 0.717) is 11.3 Å². The van der Waals surface area contributed by atoms with E-state index in [4.69, 9.17) is 4.74 Å². The van der Waals surface area contributed by atoms with Crippen LogP contribution >= 0.6 is 0 Å². The van der Waals surface area contributed by atoms with Crippen LogP contribution < -0.4 is 10.6 Å². The molecule has 0 radical (unpaired) electrons. The van der Waals surface area contributed by atoms with Crippen LogP contribution in [-0.2, 0) is 20.7 Å². The van der Waals surface area contributed by atoms with E-state index in [1.54, 1.807) is 42.5 Å². The molecule has 2 amide bonds. The maximum absolute atomic E-state index is 12.2. The van der Waals surface area contributed by atoms with Gasteiger partial charge in [-0.1, -0.05) is 37.3 Å². The summed E-state index contributed by atoms with van der Waals surface area (Å²) in [5, 5.41) is 5.26. The van der Waals surface area contributed by atoms with Crippen LogP contribution in [0.5, 0.6) is 0 Å². The summed E-state index contributed by atoms with van der Waals surface area (Å²) in [6.07, 6.45) is -0.0751. The van der Waals surface area contributed by atoms with Gasteiger partial charge in [-0.3, -0.25) is 9.59 Å². The van der Waals surface area contributed by atoms with Crippen molar-refractivity contribution in [2.75, 3.05) is 5.32 Å². The molecule has 0 aliphatic heterocycles. The SMILES string of the molecule is CCc1ccc(NC(=O)C(C)OC(=O)[C@H](C)NC(=O)c2ccccc2)cc1. The van der Waals surface area contributed by atoms with Crippen LogP contribution in [0.2, 0.25) is 0 Å². The first-order valence-electron chi connectivity index (χ1n) is 8.87.